The van der Waals surface area contributed by atoms with E-state index in [1.54, 1.807) is 78.9 Å². The Morgan fingerprint density at radius 2 is 0.863 bits per heavy atom. The van der Waals surface area contributed by atoms with E-state index in [2.05, 4.69) is 0 Å². The van der Waals surface area contributed by atoms with Gasteiger partial charge >= 0.3 is 0 Å². The largest absolute Gasteiger partial charge is 0.457 e. The van der Waals surface area contributed by atoms with Gasteiger partial charge in [-0.3, -0.25) is 19.2 Å². The van der Waals surface area contributed by atoms with Crippen LogP contribution in [0.1, 0.15) is 63.7 Å². The van der Waals surface area contributed by atoms with E-state index in [0.29, 0.717) is 39.7 Å². The van der Waals surface area contributed by atoms with Crippen molar-refractivity contribution < 1.29 is 28.7 Å². The normalized spacial score (nSPS) is 12.4. The number of halogens is 4. The quantitative estimate of drug-likeness (QED) is 0.129. The second kappa shape index (κ2) is 13.8. The molecule has 0 N–H and O–H groups in total. The predicted octanol–water partition coefficient (Wildman–Crippen LogP) is 11.2. The zero-order chi connectivity index (χ0) is 35.9. The Bertz CT molecular complexity index is 2250. The summed E-state index contributed by atoms with van der Waals surface area (Å²) in [6.45, 7) is 0. The molecule has 7 rings (SSSR count). The first-order valence-electron chi connectivity index (χ1n) is 15.4. The van der Waals surface area contributed by atoms with Crippen molar-refractivity contribution in [1.82, 2.24) is 0 Å². The second-order valence-corrected chi connectivity index (χ2v) is 13.0. The molecule has 0 amide bonds. The van der Waals surface area contributed by atoms with Crippen molar-refractivity contribution in [3.05, 3.63) is 178 Å². The van der Waals surface area contributed by atoms with Crippen molar-refractivity contribution in [2.24, 2.45) is 0 Å². The summed E-state index contributed by atoms with van der Waals surface area (Å²) in [5.41, 5.74) is 3.96. The highest BCUT2D eigenvalue weighted by atomic mass is 35.5. The number of rotatable bonds is 10. The summed E-state index contributed by atoms with van der Waals surface area (Å²) < 4.78 is 12.2. The molecule has 0 aliphatic heterocycles. The average molecular weight is 752 g/mol. The van der Waals surface area contributed by atoms with Gasteiger partial charge in [0.15, 0.2) is 0 Å². The van der Waals surface area contributed by atoms with E-state index in [1.165, 1.54) is 6.07 Å². The smallest absolute Gasteiger partial charge is 0.253 e. The number of benzene rings is 6. The first kappa shape index (κ1) is 34.2. The molecule has 51 heavy (non-hydrogen) atoms. The summed E-state index contributed by atoms with van der Waals surface area (Å²) in [5.74, 6) is 2.01. The minimum atomic E-state index is -1.16. The zero-order valence-electron chi connectivity index (χ0n) is 26.2. The topological polar surface area (TPSA) is 86.7 Å². The molecule has 6 aromatic rings. The number of ether oxygens (including phenoxy) is 2. The molecule has 0 spiro atoms. The monoisotopic (exact) mass is 750 g/mol. The van der Waals surface area contributed by atoms with Crippen LogP contribution in [0.5, 0.6) is 23.0 Å². The van der Waals surface area contributed by atoms with Gasteiger partial charge in [-0.2, -0.15) is 0 Å². The minimum absolute atomic E-state index is 0.00822. The Morgan fingerprint density at radius 3 is 1.27 bits per heavy atom. The summed E-state index contributed by atoms with van der Waals surface area (Å²) in [5, 5.41) is -2.78. The maximum Gasteiger partial charge on any atom is 0.253 e. The summed E-state index contributed by atoms with van der Waals surface area (Å²) in [6, 6.07) is 38.7. The van der Waals surface area contributed by atoms with Crippen LogP contribution in [-0.2, 0) is 5.41 Å². The van der Waals surface area contributed by atoms with Crippen molar-refractivity contribution in [2.45, 2.75) is 5.41 Å². The third kappa shape index (κ3) is 6.21. The van der Waals surface area contributed by atoms with Gasteiger partial charge in [0.1, 0.15) is 23.0 Å². The fourth-order valence-electron chi connectivity index (χ4n) is 6.66. The lowest BCUT2D eigenvalue weighted by Gasteiger charge is -2.35. The van der Waals surface area contributed by atoms with Crippen molar-refractivity contribution >= 4 is 67.4 Å². The van der Waals surface area contributed by atoms with Crippen LogP contribution in [0.15, 0.2) is 133 Å². The molecule has 0 bridgehead atoms. The Labute approximate surface area is 312 Å². The summed E-state index contributed by atoms with van der Waals surface area (Å²) in [4.78, 5) is 49.1. The molecule has 0 unspecified atom stereocenters. The van der Waals surface area contributed by atoms with Gasteiger partial charge in [0.2, 0.25) is 0 Å². The molecule has 0 radical (unpaired) electrons. The number of carbonyl (C=O) groups is 4. The van der Waals surface area contributed by atoms with E-state index < -0.39 is 26.4 Å². The molecule has 0 saturated heterocycles. The Kier molecular flexibility index (Phi) is 9.27. The zero-order valence-corrected chi connectivity index (χ0v) is 29.2. The van der Waals surface area contributed by atoms with Crippen LogP contribution in [0.25, 0.3) is 11.1 Å². The van der Waals surface area contributed by atoms with Crippen molar-refractivity contribution in [1.29, 1.82) is 0 Å². The lowest BCUT2D eigenvalue weighted by molar-refractivity contribution is 0.105. The molecular weight excluding hydrogens is 730 g/mol. The third-order valence-electron chi connectivity index (χ3n) is 8.82. The second-order valence-electron chi connectivity index (χ2n) is 11.6. The van der Waals surface area contributed by atoms with Gasteiger partial charge in [-0.1, -0.05) is 54.6 Å². The van der Waals surface area contributed by atoms with E-state index >= 15 is 0 Å². The van der Waals surface area contributed by atoms with Crippen LogP contribution in [0.3, 0.4) is 0 Å². The molecule has 0 atom stereocenters. The highest BCUT2D eigenvalue weighted by Gasteiger charge is 2.49. The Hall–Kier alpha value is -5.24. The van der Waals surface area contributed by atoms with Gasteiger partial charge in [-0.05, 0) is 159 Å². The average Bonchev–Trinajstić information content (AvgIpc) is 3.43. The molecule has 1 aliphatic rings. The first-order chi connectivity index (χ1) is 24.6. The van der Waals surface area contributed by atoms with Crippen LogP contribution < -0.4 is 9.47 Å². The summed E-state index contributed by atoms with van der Waals surface area (Å²) in [6.07, 6.45) is 0. The van der Waals surface area contributed by atoms with E-state index in [-0.39, 0.29) is 11.1 Å². The molecule has 250 valence electrons. The van der Waals surface area contributed by atoms with Gasteiger partial charge in [0.05, 0.1) is 11.0 Å². The first-order valence-corrected chi connectivity index (χ1v) is 16.9. The summed E-state index contributed by atoms with van der Waals surface area (Å²) >= 11 is 23.6. The van der Waals surface area contributed by atoms with Gasteiger partial charge in [0.25, 0.3) is 21.0 Å². The lowest BCUT2D eigenvalue weighted by atomic mass is 9.66. The minimum Gasteiger partial charge on any atom is -0.457 e. The Balaban J connectivity index is 1.40. The number of hydrogen-bond donors (Lipinski definition) is 0. The van der Waals surface area contributed by atoms with Crippen LogP contribution in [-0.4, -0.2) is 21.0 Å². The number of fused-ring (bicyclic) bond motifs is 3. The highest BCUT2D eigenvalue weighted by Crippen LogP contribution is 2.58. The van der Waals surface area contributed by atoms with E-state index in [1.807, 2.05) is 48.5 Å². The highest BCUT2D eigenvalue weighted by molar-refractivity contribution is 6.72. The van der Waals surface area contributed by atoms with Gasteiger partial charge < -0.3 is 9.47 Å². The van der Waals surface area contributed by atoms with Gasteiger partial charge in [0, 0.05) is 16.7 Å². The van der Waals surface area contributed by atoms with E-state index in [0.717, 1.165) is 27.8 Å². The van der Waals surface area contributed by atoms with Crippen LogP contribution in [0, 0.1) is 0 Å². The van der Waals surface area contributed by atoms with Crippen LogP contribution in [0.2, 0.25) is 0 Å². The molecule has 0 heterocycles. The third-order valence-corrected chi connectivity index (χ3v) is 9.65. The molecule has 6 nitrogen and oxygen atoms in total. The number of carbonyl (C=O) groups excluding carboxylic acids is 4. The Morgan fingerprint density at radius 1 is 0.431 bits per heavy atom. The maximum atomic E-state index is 13.3. The van der Waals surface area contributed by atoms with E-state index in [9.17, 15) is 19.2 Å². The van der Waals surface area contributed by atoms with Crippen LogP contribution >= 0.6 is 46.4 Å². The fraction of sp³-hybridized carbons (Fsp3) is 0.0244. The van der Waals surface area contributed by atoms with E-state index in [4.69, 9.17) is 55.9 Å². The van der Waals surface area contributed by atoms with Gasteiger partial charge in [-0.15, -0.1) is 0 Å². The maximum absolute atomic E-state index is 13.3. The standard InChI is InChI=1S/C41H22Cl4O6/c42-37(46)23-5-13-27(14-6-23)50-29-17-9-25(10-18-29)41(26-11-19-30(20-12-26)51-28-15-7-24(8-16-28)38(43)47)34-4-2-1-3-31(34)32-21-22-33(39(44)48)35(36(32)41)40(45)49/h1-22H. The van der Waals surface area contributed by atoms with Gasteiger partial charge in [-0.25, -0.2) is 0 Å². The lowest BCUT2D eigenvalue weighted by Crippen LogP contribution is -2.31. The molecular formula is C41H22Cl4O6. The molecule has 0 saturated carbocycles. The predicted molar refractivity (Wildman–Crippen MR) is 198 cm³/mol. The number of hydrogen-bond acceptors (Lipinski definition) is 6. The van der Waals surface area contributed by atoms with Crippen molar-refractivity contribution in [3.8, 4) is 34.1 Å². The molecule has 1 aliphatic carbocycles. The summed E-state index contributed by atoms with van der Waals surface area (Å²) in [7, 11) is 0. The molecule has 6 aromatic carbocycles. The van der Waals surface area contributed by atoms with Crippen LogP contribution in [0.4, 0.5) is 0 Å². The van der Waals surface area contributed by atoms with Crippen molar-refractivity contribution in [2.75, 3.05) is 0 Å². The van der Waals surface area contributed by atoms with Crippen molar-refractivity contribution in [3.63, 3.8) is 0 Å². The molecule has 0 aromatic heterocycles. The SMILES string of the molecule is O=C(Cl)c1ccc(Oc2ccc(C3(c4ccc(Oc5ccc(C(=O)Cl)cc5)cc4)c4ccccc4-c4ccc(C(=O)Cl)c(C(=O)Cl)c43)cc2)cc1. The molecule has 0 fully saturated rings. The fourth-order valence-corrected chi connectivity index (χ4v) is 7.26. The molecule has 10 heteroatoms.